The van der Waals surface area contributed by atoms with E-state index >= 15 is 0 Å². The van der Waals surface area contributed by atoms with Crippen molar-refractivity contribution in [2.24, 2.45) is 4.99 Å². The molecule has 6 nitrogen and oxygen atoms in total. The van der Waals surface area contributed by atoms with Gasteiger partial charge in [-0.3, -0.25) is 0 Å². The van der Waals surface area contributed by atoms with E-state index in [4.69, 9.17) is 0 Å². The van der Waals surface area contributed by atoms with E-state index in [2.05, 4.69) is 20.3 Å². The molecule has 0 fully saturated rings. The van der Waals surface area contributed by atoms with Gasteiger partial charge in [0.2, 0.25) is 10.0 Å². The van der Waals surface area contributed by atoms with Crippen LogP contribution >= 0.6 is 0 Å². The zero-order valence-electron chi connectivity index (χ0n) is 18.9. The lowest BCUT2D eigenvalue weighted by Crippen LogP contribution is -2.38. The number of hydrogen-bond acceptors (Lipinski definition) is 3. The van der Waals surface area contributed by atoms with Crippen LogP contribution in [0.4, 0.5) is 4.39 Å². The zero-order valence-corrected chi connectivity index (χ0v) is 19.7. The van der Waals surface area contributed by atoms with E-state index in [9.17, 15) is 12.8 Å². The summed E-state index contributed by atoms with van der Waals surface area (Å²) in [4.78, 5) is 4.63. The average molecular weight is 449 g/mol. The molecule has 0 saturated carbocycles. The van der Waals surface area contributed by atoms with Crippen LogP contribution in [0.5, 0.6) is 0 Å². The number of aliphatic imine (C=N–C) groups is 1. The van der Waals surface area contributed by atoms with Crippen molar-refractivity contribution < 1.29 is 12.8 Å². The van der Waals surface area contributed by atoms with E-state index in [-0.39, 0.29) is 23.7 Å². The van der Waals surface area contributed by atoms with E-state index in [0.717, 1.165) is 11.1 Å². The number of hydrogen-bond donors (Lipinski definition) is 3. The van der Waals surface area contributed by atoms with Gasteiger partial charge in [0, 0.05) is 12.6 Å². The van der Waals surface area contributed by atoms with Crippen LogP contribution in [0.1, 0.15) is 56.0 Å². The first-order valence-electron chi connectivity index (χ1n) is 10.5. The Hall–Kier alpha value is -2.45. The Kier molecular flexibility index (Phi) is 9.00. The Balaban J connectivity index is 2.17. The molecule has 8 heteroatoms. The summed E-state index contributed by atoms with van der Waals surface area (Å²) in [6, 6.07) is 12.2. The fourth-order valence-corrected chi connectivity index (χ4v) is 4.60. The minimum Gasteiger partial charge on any atom is -0.357 e. The number of sulfonamides is 1. The van der Waals surface area contributed by atoms with Gasteiger partial charge in [-0.15, -0.1) is 0 Å². The van der Waals surface area contributed by atoms with Crippen molar-refractivity contribution in [3.05, 3.63) is 70.5 Å². The highest BCUT2D eigenvalue weighted by atomic mass is 32.2. The van der Waals surface area contributed by atoms with Crippen LogP contribution in [0.25, 0.3) is 0 Å². The first kappa shape index (κ1) is 24.8. The molecule has 0 aliphatic carbocycles. The van der Waals surface area contributed by atoms with Crippen LogP contribution in [0.15, 0.2) is 47.5 Å². The quantitative estimate of drug-likeness (QED) is 0.403. The molecular weight excluding hydrogens is 415 g/mol. The molecule has 0 aliphatic heterocycles. The van der Waals surface area contributed by atoms with Gasteiger partial charge >= 0.3 is 0 Å². The molecule has 2 aromatic rings. The third kappa shape index (κ3) is 7.95. The maximum Gasteiger partial charge on any atom is 0.216 e. The molecular formula is C23H33FN4O2S. The summed E-state index contributed by atoms with van der Waals surface area (Å²) in [5.74, 6) is 0.243. The molecule has 1 atom stereocenters. The molecule has 0 heterocycles. The monoisotopic (exact) mass is 448 g/mol. The smallest absolute Gasteiger partial charge is 0.216 e. The van der Waals surface area contributed by atoms with Gasteiger partial charge < -0.3 is 10.6 Å². The minimum absolute atomic E-state index is 0.0973. The van der Waals surface area contributed by atoms with Gasteiger partial charge in [0.1, 0.15) is 5.82 Å². The maximum atomic E-state index is 13.9. The second-order valence-electron chi connectivity index (χ2n) is 7.87. The Bertz CT molecular complexity index is 1010. The molecule has 2 aromatic carbocycles. The van der Waals surface area contributed by atoms with Crippen molar-refractivity contribution in [2.45, 2.75) is 59.0 Å². The summed E-state index contributed by atoms with van der Waals surface area (Å²) in [6.07, 6.45) is 0. The summed E-state index contributed by atoms with van der Waals surface area (Å²) in [6.45, 7) is 10.2. The Morgan fingerprint density at radius 1 is 1.10 bits per heavy atom. The van der Waals surface area contributed by atoms with Crippen LogP contribution in [0.3, 0.4) is 0 Å². The number of rotatable bonds is 9. The second kappa shape index (κ2) is 11.2. The van der Waals surface area contributed by atoms with E-state index < -0.39 is 10.0 Å². The fraction of sp³-hybridized carbons (Fsp3) is 0.435. The zero-order chi connectivity index (χ0) is 23.0. The molecule has 0 aliphatic rings. The molecule has 0 radical (unpaired) electrons. The van der Waals surface area contributed by atoms with Crippen molar-refractivity contribution >= 4 is 16.0 Å². The number of nitrogens with one attached hydrogen (secondary N) is 3. The Morgan fingerprint density at radius 3 is 2.39 bits per heavy atom. The van der Waals surface area contributed by atoms with Crippen LogP contribution in [0.2, 0.25) is 0 Å². The van der Waals surface area contributed by atoms with E-state index in [1.54, 1.807) is 26.8 Å². The molecule has 1 unspecified atom stereocenters. The normalized spacial score (nSPS) is 13.3. The Labute approximate surface area is 185 Å². The molecule has 31 heavy (non-hydrogen) atoms. The number of nitrogens with zero attached hydrogens (tertiary/aromatic N) is 1. The molecule has 0 bridgehead atoms. The molecule has 0 amide bonds. The highest BCUT2D eigenvalue weighted by molar-refractivity contribution is 7.88. The van der Waals surface area contributed by atoms with Crippen molar-refractivity contribution in [3.63, 3.8) is 0 Å². The van der Waals surface area contributed by atoms with Gasteiger partial charge in [-0.1, -0.05) is 36.4 Å². The predicted molar refractivity (Wildman–Crippen MR) is 125 cm³/mol. The number of aryl methyl sites for hydroxylation is 1. The lowest BCUT2D eigenvalue weighted by Gasteiger charge is -2.19. The molecule has 2 rings (SSSR count). The number of halogens is 1. The number of benzene rings is 2. The van der Waals surface area contributed by atoms with Crippen LogP contribution < -0.4 is 15.4 Å². The van der Waals surface area contributed by atoms with Crippen molar-refractivity contribution in [2.75, 3.05) is 6.54 Å². The SMILES string of the molecule is CCNC(=NCc1ccccc1CS(=O)(=O)NC(C)C)NC(C)c1ccc(C)c(F)c1. The van der Waals surface area contributed by atoms with Crippen LogP contribution in [-0.4, -0.2) is 27.0 Å². The van der Waals surface area contributed by atoms with Crippen molar-refractivity contribution in [1.29, 1.82) is 0 Å². The predicted octanol–water partition coefficient (Wildman–Crippen LogP) is 3.78. The van der Waals surface area contributed by atoms with Gasteiger partial charge in [-0.25, -0.2) is 22.5 Å². The first-order valence-corrected chi connectivity index (χ1v) is 12.1. The standard InChI is InChI=1S/C23H33FN4O2S/c1-6-25-23(27-18(5)19-12-11-17(4)22(24)13-19)26-14-20-9-7-8-10-21(20)15-31(29,30)28-16(2)3/h7-13,16,18,28H,6,14-15H2,1-5H3,(H2,25,26,27). The van der Waals surface area contributed by atoms with Gasteiger partial charge in [-0.2, -0.15) is 0 Å². The van der Waals surface area contributed by atoms with Crippen molar-refractivity contribution in [3.8, 4) is 0 Å². The third-order valence-corrected chi connectivity index (χ3v) is 6.20. The third-order valence-electron chi connectivity index (χ3n) is 4.68. The van der Waals surface area contributed by atoms with Gasteiger partial charge in [0.15, 0.2) is 5.96 Å². The summed E-state index contributed by atoms with van der Waals surface area (Å²) < 4.78 is 41.2. The molecule has 0 aromatic heterocycles. The van der Waals surface area contributed by atoms with Gasteiger partial charge in [0.05, 0.1) is 18.3 Å². The van der Waals surface area contributed by atoms with Crippen LogP contribution in [0, 0.1) is 12.7 Å². The fourth-order valence-electron chi connectivity index (χ4n) is 3.11. The van der Waals surface area contributed by atoms with E-state index in [1.807, 2.05) is 44.2 Å². The molecule has 3 N–H and O–H groups in total. The highest BCUT2D eigenvalue weighted by Crippen LogP contribution is 2.17. The highest BCUT2D eigenvalue weighted by Gasteiger charge is 2.15. The minimum atomic E-state index is -3.43. The summed E-state index contributed by atoms with van der Waals surface area (Å²) in [5.41, 5.74) is 2.97. The number of guanidine groups is 1. The van der Waals surface area contributed by atoms with Gasteiger partial charge in [0.25, 0.3) is 0 Å². The first-order chi connectivity index (χ1) is 14.6. The molecule has 170 valence electrons. The second-order valence-corrected chi connectivity index (χ2v) is 9.62. The molecule has 0 saturated heterocycles. The lowest BCUT2D eigenvalue weighted by atomic mass is 10.1. The maximum absolute atomic E-state index is 13.9. The van der Waals surface area contributed by atoms with E-state index in [0.29, 0.717) is 30.2 Å². The summed E-state index contributed by atoms with van der Waals surface area (Å²) in [7, 11) is -3.43. The van der Waals surface area contributed by atoms with Crippen LogP contribution in [-0.2, 0) is 22.3 Å². The molecule has 0 spiro atoms. The average Bonchev–Trinajstić information content (AvgIpc) is 2.68. The summed E-state index contributed by atoms with van der Waals surface area (Å²) in [5, 5.41) is 6.47. The Morgan fingerprint density at radius 2 is 1.77 bits per heavy atom. The van der Waals surface area contributed by atoms with E-state index in [1.165, 1.54) is 6.07 Å². The summed E-state index contributed by atoms with van der Waals surface area (Å²) >= 11 is 0. The lowest BCUT2D eigenvalue weighted by molar-refractivity contribution is 0.569. The topological polar surface area (TPSA) is 82.6 Å². The largest absolute Gasteiger partial charge is 0.357 e. The van der Waals surface area contributed by atoms with Gasteiger partial charge in [-0.05, 0) is 62.9 Å². The van der Waals surface area contributed by atoms with Crippen molar-refractivity contribution in [1.82, 2.24) is 15.4 Å².